The Morgan fingerprint density at radius 3 is 2.73 bits per heavy atom. The molecule has 0 radical (unpaired) electrons. The van der Waals surface area contributed by atoms with E-state index in [0.29, 0.717) is 23.9 Å². The number of hydrogen-bond donors (Lipinski definition) is 1. The molecule has 0 bridgehead atoms. The third-order valence-corrected chi connectivity index (χ3v) is 3.16. The first-order valence-electron chi connectivity index (χ1n) is 6.86. The van der Waals surface area contributed by atoms with Crippen LogP contribution >= 0.6 is 0 Å². The van der Waals surface area contributed by atoms with Gasteiger partial charge in [-0.05, 0) is 39.0 Å². The molecule has 0 atom stereocenters. The average Bonchev–Trinajstić information content (AvgIpc) is 3.13. The second-order valence-electron chi connectivity index (χ2n) is 5.13. The van der Waals surface area contributed by atoms with Crippen LogP contribution in [0.25, 0.3) is 0 Å². The number of aromatic nitrogens is 3. The number of hydrogen-bond acceptors (Lipinski definition) is 5. The second-order valence-corrected chi connectivity index (χ2v) is 5.13. The molecule has 3 heterocycles. The molecule has 0 aliphatic rings. The first-order chi connectivity index (χ1) is 10.5. The van der Waals surface area contributed by atoms with Crippen LogP contribution in [0.3, 0.4) is 0 Å². The smallest absolute Gasteiger partial charge is 0.292 e. The summed E-state index contributed by atoms with van der Waals surface area (Å²) in [6, 6.07) is 7.02. The molecule has 0 spiro atoms. The van der Waals surface area contributed by atoms with Gasteiger partial charge >= 0.3 is 0 Å². The molecule has 0 aliphatic carbocycles. The number of amides is 1. The number of furan rings is 1. The average molecular weight is 300 g/mol. The topological polar surface area (TPSA) is 86.1 Å². The zero-order chi connectivity index (χ0) is 15.7. The monoisotopic (exact) mass is 300 g/mol. The van der Waals surface area contributed by atoms with Gasteiger partial charge in [0.25, 0.3) is 5.91 Å². The van der Waals surface area contributed by atoms with E-state index in [1.54, 1.807) is 25.1 Å². The van der Waals surface area contributed by atoms with Gasteiger partial charge in [-0.3, -0.25) is 9.48 Å². The number of carbonyl (C=O) groups excluding carboxylic acids is 1. The molecule has 7 heteroatoms. The second kappa shape index (κ2) is 5.51. The lowest BCUT2D eigenvalue weighted by Crippen LogP contribution is -2.11. The molecule has 0 saturated heterocycles. The van der Waals surface area contributed by atoms with Gasteiger partial charge in [-0.15, -0.1) is 0 Å². The van der Waals surface area contributed by atoms with Crippen molar-refractivity contribution in [3.8, 4) is 0 Å². The Balaban J connectivity index is 1.70. The number of aryl methyl sites for hydroxylation is 3. The van der Waals surface area contributed by atoms with E-state index >= 15 is 0 Å². The summed E-state index contributed by atoms with van der Waals surface area (Å²) in [6.07, 6.45) is 0. The molecule has 114 valence electrons. The first kappa shape index (κ1) is 14.1. The minimum absolute atomic E-state index is 0.220. The van der Waals surface area contributed by atoms with Crippen molar-refractivity contribution >= 4 is 11.7 Å². The van der Waals surface area contributed by atoms with Crippen LogP contribution in [-0.2, 0) is 6.54 Å². The number of anilines is 1. The summed E-state index contributed by atoms with van der Waals surface area (Å²) in [7, 11) is 0. The standard InChI is InChI=1S/C15H16N4O3/c1-9-6-10(2)19(17-9)8-12-4-5-13(21-12)15(20)16-14-7-11(3)22-18-14/h4-7H,8H2,1-3H3,(H,16,18,20). The molecule has 0 saturated carbocycles. The molecular formula is C15H16N4O3. The Labute approximate surface area is 126 Å². The lowest BCUT2D eigenvalue weighted by Gasteiger charge is -2.01. The highest BCUT2D eigenvalue weighted by molar-refractivity contribution is 6.01. The minimum Gasteiger partial charge on any atom is -0.454 e. The van der Waals surface area contributed by atoms with Crippen LogP contribution in [-0.4, -0.2) is 20.8 Å². The maximum absolute atomic E-state index is 12.1. The molecule has 7 nitrogen and oxygen atoms in total. The van der Waals surface area contributed by atoms with Crippen molar-refractivity contribution in [3.05, 3.63) is 52.9 Å². The van der Waals surface area contributed by atoms with Crippen LogP contribution in [0.1, 0.15) is 33.5 Å². The molecule has 3 aromatic rings. The summed E-state index contributed by atoms with van der Waals surface area (Å²) in [5, 5.41) is 10.7. The van der Waals surface area contributed by atoms with Crippen LogP contribution in [0, 0.1) is 20.8 Å². The highest BCUT2D eigenvalue weighted by Crippen LogP contribution is 2.14. The van der Waals surface area contributed by atoms with Gasteiger partial charge in [-0.25, -0.2) is 0 Å². The van der Waals surface area contributed by atoms with E-state index < -0.39 is 0 Å². The number of nitrogens with one attached hydrogen (secondary N) is 1. The summed E-state index contributed by atoms with van der Waals surface area (Å²) in [4.78, 5) is 12.1. The third-order valence-electron chi connectivity index (χ3n) is 3.16. The Morgan fingerprint density at radius 1 is 1.27 bits per heavy atom. The first-order valence-corrected chi connectivity index (χ1v) is 6.86. The van der Waals surface area contributed by atoms with Crippen LogP contribution in [0.15, 0.2) is 33.2 Å². The van der Waals surface area contributed by atoms with Crippen LogP contribution in [0.4, 0.5) is 5.82 Å². The van der Waals surface area contributed by atoms with E-state index in [2.05, 4.69) is 15.6 Å². The number of rotatable bonds is 4. The van der Waals surface area contributed by atoms with Gasteiger partial charge in [0.2, 0.25) is 0 Å². The predicted octanol–water partition coefficient (Wildman–Crippen LogP) is 2.69. The van der Waals surface area contributed by atoms with E-state index in [4.69, 9.17) is 8.94 Å². The van der Waals surface area contributed by atoms with Crippen molar-refractivity contribution in [2.75, 3.05) is 5.32 Å². The lowest BCUT2D eigenvalue weighted by molar-refractivity contribution is 0.0993. The number of nitrogens with zero attached hydrogens (tertiary/aromatic N) is 3. The molecule has 1 N–H and O–H groups in total. The van der Waals surface area contributed by atoms with E-state index in [-0.39, 0.29) is 11.7 Å². The summed E-state index contributed by atoms with van der Waals surface area (Å²) in [6.45, 7) is 6.14. The fourth-order valence-corrected chi connectivity index (χ4v) is 2.17. The normalized spacial score (nSPS) is 10.9. The van der Waals surface area contributed by atoms with Gasteiger partial charge in [0.05, 0.1) is 12.2 Å². The molecular weight excluding hydrogens is 284 g/mol. The maximum atomic E-state index is 12.1. The molecule has 3 rings (SSSR count). The van der Waals surface area contributed by atoms with Crippen LogP contribution in [0.5, 0.6) is 0 Å². The molecule has 0 aliphatic heterocycles. The lowest BCUT2D eigenvalue weighted by atomic mass is 10.4. The van der Waals surface area contributed by atoms with Crippen molar-refractivity contribution in [3.63, 3.8) is 0 Å². The van der Waals surface area contributed by atoms with Gasteiger partial charge in [0.1, 0.15) is 11.5 Å². The molecule has 0 aromatic carbocycles. The zero-order valence-electron chi connectivity index (χ0n) is 12.6. The van der Waals surface area contributed by atoms with Gasteiger partial charge in [0, 0.05) is 11.8 Å². The number of carbonyl (C=O) groups is 1. The Hall–Kier alpha value is -2.83. The Kier molecular flexibility index (Phi) is 3.54. The molecule has 22 heavy (non-hydrogen) atoms. The van der Waals surface area contributed by atoms with Crippen LogP contribution in [0.2, 0.25) is 0 Å². The van der Waals surface area contributed by atoms with Gasteiger partial charge in [-0.2, -0.15) is 5.10 Å². The third kappa shape index (κ3) is 2.93. The van der Waals surface area contributed by atoms with Crippen molar-refractivity contribution in [2.45, 2.75) is 27.3 Å². The molecule has 1 amide bonds. The van der Waals surface area contributed by atoms with Crippen molar-refractivity contribution < 1.29 is 13.7 Å². The SMILES string of the molecule is Cc1cc(C)n(Cc2ccc(C(=O)Nc3cc(C)on3)o2)n1. The van der Waals surface area contributed by atoms with Crippen molar-refractivity contribution in [1.29, 1.82) is 0 Å². The maximum Gasteiger partial charge on any atom is 0.292 e. The minimum atomic E-state index is -0.368. The van der Waals surface area contributed by atoms with Gasteiger partial charge in [0.15, 0.2) is 11.6 Å². The Morgan fingerprint density at radius 2 is 2.09 bits per heavy atom. The van der Waals surface area contributed by atoms with E-state index in [1.165, 1.54) is 0 Å². The molecule has 0 unspecified atom stereocenters. The fourth-order valence-electron chi connectivity index (χ4n) is 2.17. The van der Waals surface area contributed by atoms with Crippen LogP contribution < -0.4 is 5.32 Å². The highest BCUT2D eigenvalue weighted by atomic mass is 16.5. The van der Waals surface area contributed by atoms with Crippen molar-refractivity contribution in [1.82, 2.24) is 14.9 Å². The zero-order valence-corrected chi connectivity index (χ0v) is 12.6. The summed E-state index contributed by atoms with van der Waals surface area (Å²) >= 11 is 0. The van der Waals surface area contributed by atoms with E-state index in [0.717, 1.165) is 11.4 Å². The summed E-state index contributed by atoms with van der Waals surface area (Å²) in [5.74, 6) is 1.50. The quantitative estimate of drug-likeness (QED) is 0.800. The largest absolute Gasteiger partial charge is 0.454 e. The molecule has 0 fully saturated rings. The summed E-state index contributed by atoms with van der Waals surface area (Å²) in [5.41, 5.74) is 1.99. The highest BCUT2D eigenvalue weighted by Gasteiger charge is 2.14. The fraction of sp³-hybridized carbons (Fsp3) is 0.267. The van der Waals surface area contributed by atoms with E-state index in [1.807, 2.05) is 24.6 Å². The van der Waals surface area contributed by atoms with Gasteiger partial charge in [-0.1, -0.05) is 5.16 Å². The predicted molar refractivity (Wildman–Crippen MR) is 78.7 cm³/mol. The van der Waals surface area contributed by atoms with Gasteiger partial charge < -0.3 is 14.3 Å². The van der Waals surface area contributed by atoms with Crippen molar-refractivity contribution in [2.24, 2.45) is 0 Å². The Bertz CT molecular complexity index is 812. The summed E-state index contributed by atoms with van der Waals surface area (Å²) < 4.78 is 12.3. The van der Waals surface area contributed by atoms with E-state index in [9.17, 15) is 4.79 Å². The molecule has 3 aromatic heterocycles.